The van der Waals surface area contributed by atoms with E-state index in [-0.39, 0.29) is 0 Å². The Labute approximate surface area is 106 Å². The molecule has 88 valence electrons. The van der Waals surface area contributed by atoms with E-state index in [1.165, 1.54) is 11.1 Å². The van der Waals surface area contributed by atoms with E-state index in [0.717, 1.165) is 25.2 Å². The minimum Gasteiger partial charge on any atom is -0.367 e. The second-order valence-corrected chi connectivity index (χ2v) is 4.45. The molecule has 3 rings (SSSR count). The molecule has 1 aromatic heterocycles. The average Bonchev–Trinajstić information content (AvgIpc) is 2.47. The first-order valence-corrected chi connectivity index (χ1v) is 6.05. The Balaban J connectivity index is 1.90. The van der Waals surface area contributed by atoms with Gasteiger partial charge in [0.2, 0.25) is 0 Å². The van der Waals surface area contributed by atoms with Crippen molar-refractivity contribution in [2.45, 2.75) is 13.0 Å². The van der Waals surface area contributed by atoms with E-state index in [2.05, 4.69) is 40.2 Å². The molecule has 0 amide bonds. The Bertz CT molecular complexity index is 613. The van der Waals surface area contributed by atoms with Crippen LogP contribution < -0.4 is 4.90 Å². The predicted molar refractivity (Wildman–Crippen MR) is 70.1 cm³/mol. The van der Waals surface area contributed by atoms with Crippen molar-refractivity contribution in [2.75, 3.05) is 11.4 Å². The van der Waals surface area contributed by atoms with E-state index < -0.39 is 0 Å². The highest BCUT2D eigenvalue weighted by molar-refractivity contribution is 5.51. The van der Waals surface area contributed by atoms with Crippen LogP contribution in [-0.4, -0.2) is 11.5 Å². The molecule has 2 aromatic rings. The smallest absolute Gasteiger partial charge is 0.142 e. The van der Waals surface area contributed by atoms with Crippen LogP contribution in [0.2, 0.25) is 0 Å². The molecule has 18 heavy (non-hydrogen) atoms. The summed E-state index contributed by atoms with van der Waals surface area (Å²) >= 11 is 0. The number of nitrogens with zero attached hydrogens (tertiary/aromatic N) is 3. The van der Waals surface area contributed by atoms with Gasteiger partial charge < -0.3 is 4.90 Å². The van der Waals surface area contributed by atoms with Crippen LogP contribution in [0.5, 0.6) is 0 Å². The maximum Gasteiger partial charge on any atom is 0.142 e. The highest BCUT2D eigenvalue weighted by Gasteiger charge is 2.16. The minimum atomic E-state index is 0.478. The van der Waals surface area contributed by atoms with Crippen molar-refractivity contribution in [1.29, 1.82) is 5.26 Å². The first-order valence-electron chi connectivity index (χ1n) is 6.05. The third kappa shape index (κ3) is 1.93. The summed E-state index contributed by atoms with van der Waals surface area (Å²) in [6.07, 6.45) is 2.76. The van der Waals surface area contributed by atoms with E-state index in [9.17, 15) is 0 Å². The van der Waals surface area contributed by atoms with Crippen molar-refractivity contribution in [3.63, 3.8) is 0 Å². The molecule has 0 unspecified atom stereocenters. The number of fused-ring (bicyclic) bond motifs is 1. The number of hydrogen-bond donors (Lipinski definition) is 0. The number of anilines is 1. The Morgan fingerprint density at radius 2 is 2.00 bits per heavy atom. The third-order valence-electron chi connectivity index (χ3n) is 3.35. The summed E-state index contributed by atoms with van der Waals surface area (Å²) in [6, 6.07) is 14.4. The molecule has 3 nitrogen and oxygen atoms in total. The third-order valence-corrected chi connectivity index (χ3v) is 3.35. The molecule has 0 spiro atoms. The van der Waals surface area contributed by atoms with Crippen LogP contribution in [-0.2, 0) is 13.0 Å². The monoisotopic (exact) mass is 235 g/mol. The van der Waals surface area contributed by atoms with Gasteiger partial charge in [-0.3, -0.25) is 0 Å². The fraction of sp³-hybridized carbons (Fsp3) is 0.200. The predicted octanol–water partition coefficient (Wildman–Crippen LogP) is 2.52. The van der Waals surface area contributed by atoms with Gasteiger partial charge in [-0.1, -0.05) is 24.3 Å². The number of rotatable bonds is 1. The van der Waals surface area contributed by atoms with Crippen molar-refractivity contribution < 1.29 is 0 Å². The molecule has 0 radical (unpaired) electrons. The SMILES string of the molecule is N#Cc1cc(N2CCc3ccccc3C2)ccn1. The Kier molecular flexibility index (Phi) is 2.70. The number of hydrogen-bond acceptors (Lipinski definition) is 3. The fourth-order valence-corrected chi connectivity index (χ4v) is 2.39. The lowest BCUT2D eigenvalue weighted by Gasteiger charge is -2.30. The number of aromatic nitrogens is 1. The van der Waals surface area contributed by atoms with Crippen LogP contribution in [0.4, 0.5) is 5.69 Å². The van der Waals surface area contributed by atoms with E-state index in [1.54, 1.807) is 6.20 Å². The van der Waals surface area contributed by atoms with Crippen molar-refractivity contribution in [3.05, 3.63) is 59.4 Å². The molecule has 1 aromatic carbocycles. The summed E-state index contributed by atoms with van der Waals surface area (Å²) in [7, 11) is 0. The first kappa shape index (κ1) is 10.8. The quantitative estimate of drug-likeness (QED) is 0.762. The highest BCUT2D eigenvalue weighted by Crippen LogP contribution is 2.24. The Morgan fingerprint density at radius 3 is 2.83 bits per heavy atom. The van der Waals surface area contributed by atoms with Crippen molar-refractivity contribution in [3.8, 4) is 6.07 Å². The number of benzene rings is 1. The Morgan fingerprint density at radius 1 is 1.17 bits per heavy atom. The van der Waals surface area contributed by atoms with Gasteiger partial charge in [0, 0.05) is 25.0 Å². The van der Waals surface area contributed by atoms with E-state index >= 15 is 0 Å². The zero-order chi connectivity index (χ0) is 12.4. The molecule has 1 aliphatic heterocycles. The van der Waals surface area contributed by atoms with Gasteiger partial charge in [-0.05, 0) is 29.7 Å². The molecule has 0 saturated carbocycles. The van der Waals surface area contributed by atoms with Crippen LogP contribution >= 0.6 is 0 Å². The summed E-state index contributed by atoms with van der Waals surface area (Å²) < 4.78 is 0. The Hall–Kier alpha value is -2.34. The normalized spacial score (nSPS) is 13.8. The van der Waals surface area contributed by atoms with Gasteiger partial charge in [0.05, 0.1) is 0 Å². The standard InChI is InChI=1S/C15H13N3/c16-10-14-9-15(5-7-17-14)18-8-6-12-3-1-2-4-13(12)11-18/h1-5,7,9H,6,8,11H2. The maximum atomic E-state index is 8.89. The summed E-state index contributed by atoms with van der Waals surface area (Å²) in [6.45, 7) is 1.90. The molecule has 0 aliphatic carbocycles. The van der Waals surface area contributed by atoms with Crippen LogP contribution in [0.25, 0.3) is 0 Å². The maximum absolute atomic E-state index is 8.89. The van der Waals surface area contributed by atoms with Crippen molar-refractivity contribution in [2.24, 2.45) is 0 Å². The van der Waals surface area contributed by atoms with Crippen molar-refractivity contribution >= 4 is 5.69 Å². The highest BCUT2D eigenvalue weighted by atomic mass is 15.1. The second-order valence-electron chi connectivity index (χ2n) is 4.45. The summed E-state index contributed by atoms with van der Waals surface area (Å²) in [5, 5.41) is 8.89. The first-order chi connectivity index (χ1) is 8.86. The van der Waals surface area contributed by atoms with Gasteiger partial charge in [0.25, 0.3) is 0 Å². The molecular formula is C15H13N3. The van der Waals surface area contributed by atoms with Gasteiger partial charge >= 0.3 is 0 Å². The van der Waals surface area contributed by atoms with E-state index in [1.807, 2.05) is 12.1 Å². The van der Waals surface area contributed by atoms with Gasteiger partial charge in [0.15, 0.2) is 0 Å². The van der Waals surface area contributed by atoms with Gasteiger partial charge in [-0.15, -0.1) is 0 Å². The lowest BCUT2D eigenvalue weighted by Crippen LogP contribution is -2.30. The van der Waals surface area contributed by atoms with Gasteiger partial charge in [-0.25, -0.2) is 4.98 Å². The van der Waals surface area contributed by atoms with Gasteiger partial charge in [0.1, 0.15) is 11.8 Å². The minimum absolute atomic E-state index is 0.478. The lowest BCUT2D eigenvalue weighted by atomic mass is 9.99. The summed E-state index contributed by atoms with van der Waals surface area (Å²) in [5.41, 5.74) is 4.37. The molecule has 2 heterocycles. The molecule has 0 N–H and O–H groups in total. The molecule has 0 saturated heterocycles. The molecule has 0 bridgehead atoms. The van der Waals surface area contributed by atoms with E-state index in [0.29, 0.717) is 5.69 Å². The summed E-state index contributed by atoms with van der Waals surface area (Å²) in [5.74, 6) is 0. The number of nitriles is 1. The largest absolute Gasteiger partial charge is 0.367 e. The molecular weight excluding hydrogens is 222 g/mol. The number of pyridine rings is 1. The summed E-state index contributed by atoms with van der Waals surface area (Å²) in [4.78, 5) is 6.31. The van der Waals surface area contributed by atoms with Crippen LogP contribution in [0, 0.1) is 11.3 Å². The van der Waals surface area contributed by atoms with E-state index in [4.69, 9.17) is 5.26 Å². The van der Waals surface area contributed by atoms with Crippen molar-refractivity contribution in [1.82, 2.24) is 4.98 Å². The molecule has 0 atom stereocenters. The zero-order valence-corrected chi connectivity index (χ0v) is 10.0. The lowest BCUT2D eigenvalue weighted by molar-refractivity contribution is 0.731. The van der Waals surface area contributed by atoms with Crippen LogP contribution in [0.1, 0.15) is 16.8 Å². The fourth-order valence-electron chi connectivity index (χ4n) is 2.39. The second kappa shape index (κ2) is 4.50. The average molecular weight is 235 g/mol. The molecule has 0 fully saturated rings. The molecule has 1 aliphatic rings. The van der Waals surface area contributed by atoms with Crippen LogP contribution in [0.3, 0.4) is 0 Å². The molecule has 3 heteroatoms. The van der Waals surface area contributed by atoms with Gasteiger partial charge in [-0.2, -0.15) is 5.26 Å². The topological polar surface area (TPSA) is 39.9 Å². The van der Waals surface area contributed by atoms with Crippen LogP contribution in [0.15, 0.2) is 42.6 Å². The zero-order valence-electron chi connectivity index (χ0n) is 10.0.